The first kappa shape index (κ1) is 16.3. The lowest BCUT2D eigenvalue weighted by Gasteiger charge is -2.20. The molecule has 5 nitrogen and oxygen atoms in total. The zero-order valence-corrected chi connectivity index (χ0v) is 13.4. The highest BCUT2D eigenvalue weighted by molar-refractivity contribution is 5.32. The Morgan fingerprint density at radius 1 is 1.33 bits per heavy atom. The second-order valence-electron chi connectivity index (χ2n) is 5.68. The van der Waals surface area contributed by atoms with Crippen molar-refractivity contribution in [1.82, 2.24) is 4.98 Å². The summed E-state index contributed by atoms with van der Waals surface area (Å²) in [6, 6.07) is 3.88. The standard InChI is InChI=1S/C19H21NO4/c21-17(9-8-15-5-4-10-20-11-15)12-23-19-14-22-13-18(24-19)16-6-2-1-3-7-16/h1-2,4-6,10-11,13-14,17,21H,3,7-9,12H2. The molecule has 1 unspecified atom stereocenters. The van der Waals surface area contributed by atoms with Gasteiger partial charge >= 0.3 is 5.95 Å². The van der Waals surface area contributed by atoms with Crippen LogP contribution in [0.4, 0.5) is 0 Å². The number of aliphatic hydroxyl groups is 1. The summed E-state index contributed by atoms with van der Waals surface area (Å²) in [5.41, 5.74) is 2.17. The van der Waals surface area contributed by atoms with Crippen LogP contribution in [-0.2, 0) is 20.6 Å². The van der Waals surface area contributed by atoms with Gasteiger partial charge in [0.1, 0.15) is 12.9 Å². The Hall–Kier alpha value is -2.53. The highest BCUT2D eigenvalue weighted by atomic mass is 16.7. The fourth-order valence-electron chi connectivity index (χ4n) is 2.46. The molecule has 2 aliphatic rings. The van der Waals surface area contributed by atoms with Crippen molar-refractivity contribution in [3.05, 3.63) is 78.1 Å². The third-order valence-corrected chi connectivity index (χ3v) is 3.79. The third kappa shape index (κ3) is 4.73. The van der Waals surface area contributed by atoms with Gasteiger partial charge in [0.05, 0.1) is 6.10 Å². The molecule has 1 aliphatic carbocycles. The van der Waals surface area contributed by atoms with Crippen LogP contribution >= 0.6 is 0 Å². The lowest BCUT2D eigenvalue weighted by molar-refractivity contribution is -0.00245. The first-order valence-electron chi connectivity index (χ1n) is 8.11. The Bertz CT molecular complexity index is 661. The SMILES string of the molecule is OC(CCc1cccnc1)COC1=COC=C(C2=CC=CCC2)O1. The van der Waals surface area contributed by atoms with Gasteiger partial charge in [0.2, 0.25) is 0 Å². The van der Waals surface area contributed by atoms with Gasteiger partial charge in [0.25, 0.3) is 0 Å². The molecule has 24 heavy (non-hydrogen) atoms. The molecule has 0 bridgehead atoms. The van der Waals surface area contributed by atoms with Crippen LogP contribution in [0.3, 0.4) is 0 Å². The number of hydrogen-bond acceptors (Lipinski definition) is 5. The summed E-state index contributed by atoms with van der Waals surface area (Å²) in [5, 5.41) is 10.1. The van der Waals surface area contributed by atoms with Crippen LogP contribution in [0.1, 0.15) is 24.8 Å². The Morgan fingerprint density at radius 2 is 2.29 bits per heavy atom. The number of allylic oxidation sites excluding steroid dienone is 4. The van der Waals surface area contributed by atoms with Crippen molar-refractivity contribution in [3.63, 3.8) is 0 Å². The number of nitrogens with zero attached hydrogens (tertiary/aromatic N) is 1. The number of ether oxygens (including phenoxy) is 3. The molecular formula is C19H21NO4. The zero-order chi connectivity index (χ0) is 16.6. The smallest absolute Gasteiger partial charge is 0.321 e. The molecule has 0 spiro atoms. The number of hydrogen-bond donors (Lipinski definition) is 1. The minimum Gasteiger partial charge on any atom is -0.461 e. The van der Waals surface area contributed by atoms with E-state index in [9.17, 15) is 5.11 Å². The summed E-state index contributed by atoms with van der Waals surface area (Å²) in [5.74, 6) is 0.921. The van der Waals surface area contributed by atoms with E-state index in [2.05, 4.69) is 11.1 Å². The predicted octanol–water partition coefficient (Wildman–Crippen LogP) is 3.36. The number of aromatic nitrogens is 1. The third-order valence-electron chi connectivity index (χ3n) is 3.79. The van der Waals surface area contributed by atoms with Crippen LogP contribution in [0.5, 0.6) is 0 Å². The maximum absolute atomic E-state index is 10.1. The fraction of sp³-hybridized carbons (Fsp3) is 0.316. The fourth-order valence-corrected chi connectivity index (χ4v) is 2.46. The molecule has 0 fully saturated rings. The van der Waals surface area contributed by atoms with Crippen molar-refractivity contribution in [2.75, 3.05) is 6.61 Å². The quantitative estimate of drug-likeness (QED) is 0.832. The lowest BCUT2D eigenvalue weighted by Crippen LogP contribution is -2.17. The van der Waals surface area contributed by atoms with Gasteiger partial charge in [-0.1, -0.05) is 24.3 Å². The summed E-state index contributed by atoms with van der Waals surface area (Å²) >= 11 is 0. The number of rotatable bonds is 7. The topological polar surface area (TPSA) is 60.8 Å². The maximum atomic E-state index is 10.1. The van der Waals surface area contributed by atoms with Crippen molar-refractivity contribution < 1.29 is 19.3 Å². The van der Waals surface area contributed by atoms with Gasteiger partial charge in [-0.05, 0) is 42.9 Å². The van der Waals surface area contributed by atoms with Gasteiger partial charge in [-0.15, -0.1) is 0 Å². The maximum Gasteiger partial charge on any atom is 0.321 e. The normalized spacial score (nSPS) is 17.8. The van der Waals surface area contributed by atoms with E-state index < -0.39 is 6.10 Å². The van der Waals surface area contributed by atoms with Gasteiger partial charge < -0.3 is 19.3 Å². The Balaban J connectivity index is 1.42. The van der Waals surface area contributed by atoms with E-state index in [1.807, 2.05) is 24.3 Å². The van der Waals surface area contributed by atoms with Gasteiger partial charge in [-0.3, -0.25) is 4.98 Å². The van der Waals surface area contributed by atoms with Gasteiger partial charge in [0.15, 0.2) is 12.0 Å². The molecule has 1 aromatic heterocycles. The van der Waals surface area contributed by atoms with Crippen LogP contribution < -0.4 is 0 Å². The molecule has 1 aromatic rings. The van der Waals surface area contributed by atoms with Gasteiger partial charge in [0, 0.05) is 12.4 Å². The molecule has 1 aliphatic heterocycles. The van der Waals surface area contributed by atoms with Crippen LogP contribution in [0.2, 0.25) is 0 Å². The van der Waals surface area contributed by atoms with E-state index in [4.69, 9.17) is 14.2 Å². The van der Waals surface area contributed by atoms with Crippen LogP contribution in [0.15, 0.2) is 72.6 Å². The summed E-state index contributed by atoms with van der Waals surface area (Å²) < 4.78 is 16.5. The number of aryl methyl sites for hydroxylation is 1. The van der Waals surface area contributed by atoms with E-state index in [1.165, 1.54) is 6.26 Å². The molecule has 0 saturated carbocycles. The Labute approximate surface area is 141 Å². The first-order chi connectivity index (χ1) is 11.8. The second-order valence-corrected chi connectivity index (χ2v) is 5.68. The molecule has 0 radical (unpaired) electrons. The van der Waals surface area contributed by atoms with Crippen LogP contribution in [0, 0.1) is 0 Å². The molecule has 5 heteroatoms. The van der Waals surface area contributed by atoms with Gasteiger partial charge in [-0.2, -0.15) is 0 Å². The predicted molar refractivity (Wildman–Crippen MR) is 89.3 cm³/mol. The molecule has 0 saturated heterocycles. The average Bonchev–Trinajstić information content (AvgIpc) is 2.66. The molecule has 1 N–H and O–H groups in total. The van der Waals surface area contributed by atoms with Crippen molar-refractivity contribution in [2.45, 2.75) is 31.8 Å². The minimum atomic E-state index is -0.583. The van der Waals surface area contributed by atoms with E-state index in [0.29, 0.717) is 12.2 Å². The van der Waals surface area contributed by atoms with Gasteiger partial charge in [-0.25, -0.2) is 0 Å². The molecule has 1 atom stereocenters. The molecule has 3 rings (SSSR count). The second kappa shape index (κ2) is 8.36. The van der Waals surface area contributed by atoms with Crippen molar-refractivity contribution in [2.24, 2.45) is 0 Å². The molecular weight excluding hydrogens is 306 g/mol. The zero-order valence-electron chi connectivity index (χ0n) is 13.4. The van der Waals surface area contributed by atoms with E-state index in [1.54, 1.807) is 18.7 Å². The largest absolute Gasteiger partial charge is 0.461 e. The van der Waals surface area contributed by atoms with E-state index in [0.717, 1.165) is 30.4 Å². The Kier molecular flexibility index (Phi) is 5.69. The summed E-state index contributed by atoms with van der Waals surface area (Å²) in [4.78, 5) is 4.06. The summed E-state index contributed by atoms with van der Waals surface area (Å²) in [6.45, 7) is 0.154. The van der Waals surface area contributed by atoms with E-state index >= 15 is 0 Å². The summed E-state index contributed by atoms with van der Waals surface area (Å²) in [7, 11) is 0. The molecule has 126 valence electrons. The van der Waals surface area contributed by atoms with Crippen LogP contribution in [0.25, 0.3) is 0 Å². The minimum absolute atomic E-state index is 0.154. The highest BCUT2D eigenvalue weighted by Crippen LogP contribution is 2.26. The average molecular weight is 327 g/mol. The van der Waals surface area contributed by atoms with Crippen LogP contribution in [-0.4, -0.2) is 22.8 Å². The monoisotopic (exact) mass is 327 g/mol. The highest BCUT2D eigenvalue weighted by Gasteiger charge is 2.17. The van der Waals surface area contributed by atoms with Crippen molar-refractivity contribution >= 4 is 0 Å². The number of aliphatic hydroxyl groups excluding tert-OH is 1. The molecule has 0 amide bonds. The molecule has 2 heterocycles. The molecule has 0 aromatic carbocycles. The first-order valence-corrected chi connectivity index (χ1v) is 8.11. The van der Waals surface area contributed by atoms with Crippen molar-refractivity contribution in [1.29, 1.82) is 0 Å². The Morgan fingerprint density at radius 3 is 3.08 bits per heavy atom. The number of pyridine rings is 1. The summed E-state index contributed by atoms with van der Waals surface area (Å²) in [6.07, 6.45) is 15.3. The van der Waals surface area contributed by atoms with E-state index in [-0.39, 0.29) is 12.6 Å². The lowest BCUT2D eigenvalue weighted by atomic mass is 10.0. The van der Waals surface area contributed by atoms with Crippen molar-refractivity contribution in [3.8, 4) is 0 Å².